The lowest BCUT2D eigenvalue weighted by Crippen LogP contribution is -2.58. The van der Waals surface area contributed by atoms with Gasteiger partial charge in [-0.2, -0.15) is 0 Å². The van der Waals surface area contributed by atoms with Crippen LogP contribution in [0, 0.1) is 23.2 Å². The molecule has 20 heavy (non-hydrogen) atoms. The molecule has 0 unspecified atom stereocenters. The van der Waals surface area contributed by atoms with Gasteiger partial charge in [0.2, 0.25) is 0 Å². The van der Waals surface area contributed by atoms with Crippen LogP contribution in [0.25, 0.3) is 0 Å². The fourth-order valence-corrected chi connectivity index (χ4v) is 4.10. The molecule has 0 spiro atoms. The topological polar surface area (TPSA) is 77.8 Å². The van der Waals surface area contributed by atoms with Gasteiger partial charge in [0.25, 0.3) is 0 Å². The molecule has 3 N–H and O–H groups in total. The molecule has 2 aliphatic rings. The van der Waals surface area contributed by atoms with E-state index in [1.54, 1.807) is 13.0 Å². The van der Waals surface area contributed by atoms with Gasteiger partial charge >= 0.3 is 0 Å². The minimum atomic E-state index is -1.17. The summed E-state index contributed by atoms with van der Waals surface area (Å²) in [6.07, 6.45) is 6.44. The molecule has 0 bridgehead atoms. The minimum absolute atomic E-state index is 0.0631. The van der Waals surface area contributed by atoms with E-state index < -0.39 is 11.0 Å². The lowest BCUT2D eigenvalue weighted by molar-refractivity contribution is -0.154. The number of hydrogen-bond acceptors (Lipinski definition) is 4. The summed E-state index contributed by atoms with van der Waals surface area (Å²) in [5, 5.41) is 29.1. The molecule has 0 saturated heterocycles. The maximum absolute atomic E-state index is 12.5. The zero-order chi connectivity index (χ0) is 15.0. The second-order valence-corrected chi connectivity index (χ2v) is 6.74. The van der Waals surface area contributed by atoms with Gasteiger partial charge in [-0.05, 0) is 50.9 Å². The summed E-state index contributed by atoms with van der Waals surface area (Å²) in [5.74, 6) is 0.547. The number of aliphatic hydroxyl groups excluding tert-OH is 2. The third kappa shape index (κ3) is 2.34. The van der Waals surface area contributed by atoms with Crippen molar-refractivity contribution >= 4 is 5.78 Å². The van der Waals surface area contributed by atoms with E-state index in [1.807, 2.05) is 13.0 Å². The monoisotopic (exact) mass is 282 g/mol. The largest absolute Gasteiger partial charge is 0.396 e. The highest BCUT2D eigenvalue weighted by Crippen LogP contribution is 2.54. The Balaban J connectivity index is 2.34. The first-order valence-corrected chi connectivity index (χ1v) is 7.53. The van der Waals surface area contributed by atoms with Gasteiger partial charge < -0.3 is 15.3 Å². The lowest BCUT2D eigenvalue weighted by atomic mass is 9.52. The van der Waals surface area contributed by atoms with Gasteiger partial charge in [0.1, 0.15) is 5.78 Å². The summed E-state index contributed by atoms with van der Waals surface area (Å²) in [6.45, 7) is 3.54. The van der Waals surface area contributed by atoms with Crippen molar-refractivity contribution in [3.63, 3.8) is 0 Å². The van der Waals surface area contributed by atoms with Crippen LogP contribution in [-0.4, -0.2) is 39.9 Å². The molecular weight excluding hydrogens is 256 g/mol. The molecule has 0 aromatic rings. The van der Waals surface area contributed by atoms with E-state index in [0.29, 0.717) is 5.92 Å². The Labute approximate surface area is 120 Å². The SMILES string of the molecule is C[C@]1(C(=O)CCO)[C@H]2CC[C@@H](CO)C[C@H]2C=C[C@@]1(C)O. The van der Waals surface area contributed by atoms with E-state index in [4.69, 9.17) is 5.11 Å². The number of ketones is 1. The van der Waals surface area contributed by atoms with Crippen molar-refractivity contribution in [1.82, 2.24) is 0 Å². The Morgan fingerprint density at radius 1 is 1.30 bits per heavy atom. The van der Waals surface area contributed by atoms with Crippen LogP contribution < -0.4 is 0 Å². The van der Waals surface area contributed by atoms with Crippen LogP contribution in [0.4, 0.5) is 0 Å². The van der Waals surface area contributed by atoms with Crippen molar-refractivity contribution in [3.05, 3.63) is 12.2 Å². The second kappa shape index (κ2) is 5.58. The van der Waals surface area contributed by atoms with Gasteiger partial charge in [-0.15, -0.1) is 0 Å². The average Bonchev–Trinajstić information content (AvgIpc) is 2.43. The molecule has 114 valence electrons. The molecular formula is C16H26O4. The molecule has 5 atom stereocenters. The summed E-state index contributed by atoms with van der Waals surface area (Å²) in [5.41, 5.74) is -2.03. The fraction of sp³-hybridized carbons (Fsp3) is 0.812. The van der Waals surface area contributed by atoms with E-state index in [1.165, 1.54) is 0 Å². The number of allylic oxidation sites excluding steroid dienone is 1. The van der Waals surface area contributed by atoms with Crippen LogP contribution in [0.1, 0.15) is 39.5 Å². The number of carbonyl (C=O) groups is 1. The van der Waals surface area contributed by atoms with Crippen molar-refractivity contribution in [3.8, 4) is 0 Å². The molecule has 4 nitrogen and oxygen atoms in total. The number of carbonyl (C=O) groups excluding carboxylic acids is 1. The Kier molecular flexibility index (Phi) is 4.38. The fourth-order valence-electron chi connectivity index (χ4n) is 4.10. The molecule has 0 heterocycles. The van der Waals surface area contributed by atoms with Crippen LogP contribution in [0.15, 0.2) is 12.2 Å². The van der Waals surface area contributed by atoms with Crippen LogP contribution >= 0.6 is 0 Å². The van der Waals surface area contributed by atoms with Crippen molar-refractivity contribution in [2.45, 2.75) is 45.1 Å². The minimum Gasteiger partial charge on any atom is -0.396 e. The molecule has 1 fully saturated rings. The number of rotatable bonds is 4. The summed E-state index contributed by atoms with van der Waals surface area (Å²) in [6, 6.07) is 0. The summed E-state index contributed by atoms with van der Waals surface area (Å²) in [7, 11) is 0. The standard InChI is InChI=1S/C16H26O4/c1-15(20)7-5-12-9-11(10-18)3-4-13(12)16(15,2)14(19)6-8-17/h5,7,11-13,17-18,20H,3-4,6,8-10H2,1-2H3/t11-,12-,13+,15-,16-/m1/s1. The molecule has 0 amide bonds. The quantitative estimate of drug-likeness (QED) is 0.679. The molecule has 0 aromatic heterocycles. The van der Waals surface area contributed by atoms with Gasteiger partial charge in [-0.3, -0.25) is 4.79 Å². The highest BCUT2D eigenvalue weighted by Gasteiger charge is 2.56. The van der Waals surface area contributed by atoms with Crippen LogP contribution in [0.5, 0.6) is 0 Å². The predicted molar refractivity (Wildman–Crippen MR) is 76.0 cm³/mol. The van der Waals surface area contributed by atoms with Crippen LogP contribution in [0.3, 0.4) is 0 Å². The molecule has 2 rings (SSSR count). The van der Waals surface area contributed by atoms with E-state index >= 15 is 0 Å². The van der Waals surface area contributed by atoms with Crippen LogP contribution in [0.2, 0.25) is 0 Å². The van der Waals surface area contributed by atoms with E-state index in [9.17, 15) is 15.0 Å². The molecule has 0 radical (unpaired) electrons. The first kappa shape index (κ1) is 15.7. The smallest absolute Gasteiger partial charge is 0.144 e. The summed E-state index contributed by atoms with van der Waals surface area (Å²) < 4.78 is 0. The molecule has 0 aliphatic heterocycles. The Bertz CT molecular complexity index is 401. The van der Waals surface area contributed by atoms with E-state index in [2.05, 4.69) is 0 Å². The summed E-state index contributed by atoms with van der Waals surface area (Å²) in [4.78, 5) is 12.5. The van der Waals surface area contributed by atoms with Crippen molar-refractivity contribution in [2.24, 2.45) is 23.2 Å². The van der Waals surface area contributed by atoms with Gasteiger partial charge in [-0.25, -0.2) is 0 Å². The third-order valence-electron chi connectivity index (χ3n) is 5.65. The van der Waals surface area contributed by atoms with Crippen LogP contribution in [-0.2, 0) is 4.79 Å². The first-order chi connectivity index (χ1) is 9.36. The van der Waals surface area contributed by atoms with E-state index in [-0.39, 0.29) is 37.3 Å². The molecule has 1 saturated carbocycles. The zero-order valence-corrected chi connectivity index (χ0v) is 12.4. The number of aliphatic hydroxyl groups is 3. The average molecular weight is 282 g/mol. The highest BCUT2D eigenvalue weighted by molar-refractivity contribution is 5.87. The number of Topliss-reactive ketones (excluding diaryl/α,β-unsaturated/α-hetero) is 1. The first-order valence-electron chi connectivity index (χ1n) is 7.53. The van der Waals surface area contributed by atoms with Crippen molar-refractivity contribution in [2.75, 3.05) is 13.2 Å². The van der Waals surface area contributed by atoms with E-state index in [0.717, 1.165) is 19.3 Å². The van der Waals surface area contributed by atoms with Crippen molar-refractivity contribution < 1.29 is 20.1 Å². The Hall–Kier alpha value is -0.710. The zero-order valence-electron chi connectivity index (χ0n) is 12.4. The lowest BCUT2D eigenvalue weighted by Gasteiger charge is -2.53. The van der Waals surface area contributed by atoms with Crippen molar-refractivity contribution in [1.29, 1.82) is 0 Å². The van der Waals surface area contributed by atoms with Gasteiger partial charge in [-0.1, -0.05) is 12.2 Å². The van der Waals surface area contributed by atoms with Gasteiger partial charge in [0.05, 0.1) is 11.0 Å². The maximum Gasteiger partial charge on any atom is 0.144 e. The van der Waals surface area contributed by atoms with Gasteiger partial charge in [0.15, 0.2) is 0 Å². The second-order valence-electron chi connectivity index (χ2n) is 6.74. The summed E-state index contributed by atoms with van der Waals surface area (Å²) >= 11 is 0. The van der Waals surface area contributed by atoms with Gasteiger partial charge in [0, 0.05) is 19.6 Å². The Morgan fingerprint density at radius 3 is 2.60 bits per heavy atom. The molecule has 0 aromatic carbocycles. The highest BCUT2D eigenvalue weighted by atomic mass is 16.3. The number of hydrogen-bond donors (Lipinski definition) is 3. The molecule has 4 heteroatoms. The molecule has 2 aliphatic carbocycles. The number of fused-ring (bicyclic) bond motifs is 1. The normalized spacial score (nSPS) is 44.1. The Morgan fingerprint density at radius 2 is 2.00 bits per heavy atom. The third-order valence-corrected chi connectivity index (χ3v) is 5.65. The maximum atomic E-state index is 12.5. The predicted octanol–water partition coefficient (Wildman–Crippen LogP) is 1.29.